The molecule has 0 spiro atoms. The van der Waals surface area contributed by atoms with E-state index >= 15 is 0 Å². The van der Waals surface area contributed by atoms with Gasteiger partial charge in [0, 0.05) is 6.54 Å². The Bertz CT molecular complexity index is 608. The number of phenols is 1. The third kappa shape index (κ3) is 3.57. The predicted molar refractivity (Wildman–Crippen MR) is 75.3 cm³/mol. The molecule has 0 aliphatic carbocycles. The lowest BCUT2D eigenvalue weighted by atomic mass is 10.1. The smallest absolute Gasteiger partial charge is 0.254 e. The lowest BCUT2D eigenvalue weighted by Crippen LogP contribution is -2.26. The second-order valence-corrected chi connectivity index (χ2v) is 4.66. The van der Waals surface area contributed by atoms with Crippen LogP contribution in [0, 0.1) is 12.7 Å². The summed E-state index contributed by atoms with van der Waals surface area (Å²) < 4.78 is 13.5. The third-order valence-corrected chi connectivity index (χ3v) is 3.00. The highest BCUT2D eigenvalue weighted by molar-refractivity contribution is 5.94. The number of aromatic hydroxyl groups is 1. The largest absolute Gasteiger partial charge is 0.508 e. The highest BCUT2D eigenvalue weighted by atomic mass is 19.1. The van der Waals surface area contributed by atoms with Gasteiger partial charge in [-0.05, 0) is 43.2 Å². The van der Waals surface area contributed by atoms with Crippen LogP contribution in [0.15, 0.2) is 42.5 Å². The van der Waals surface area contributed by atoms with Crippen molar-refractivity contribution in [2.24, 2.45) is 0 Å². The Kier molecular flexibility index (Phi) is 4.35. The molecule has 2 N–H and O–H groups in total. The summed E-state index contributed by atoms with van der Waals surface area (Å²) in [5.41, 5.74) is 1.90. The van der Waals surface area contributed by atoms with Crippen LogP contribution in [0.3, 0.4) is 0 Å². The van der Waals surface area contributed by atoms with Crippen molar-refractivity contribution < 1.29 is 14.3 Å². The van der Waals surface area contributed by atoms with E-state index in [0.717, 1.165) is 11.1 Å². The molecule has 2 aromatic carbocycles. The quantitative estimate of drug-likeness (QED) is 0.900. The van der Waals surface area contributed by atoms with Crippen molar-refractivity contribution in [3.05, 3.63) is 65.0 Å². The molecule has 0 fully saturated rings. The second-order valence-electron chi connectivity index (χ2n) is 4.66. The molecule has 0 heterocycles. The minimum Gasteiger partial charge on any atom is -0.508 e. The van der Waals surface area contributed by atoms with Crippen LogP contribution in [0.4, 0.5) is 4.39 Å². The summed E-state index contributed by atoms with van der Waals surface area (Å²) in [5, 5.41) is 11.9. The molecule has 0 saturated carbocycles. The van der Waals surface area contributed by atoms with Crippen molar-refractivity contribution >= 4 is 5.91 Å². The Hall–Kier alpha value is -2.36. The maximum atomic E-state index is 13.5. The van der Waals surface area contributed by atoms with Gasteiger partial charge in [0.05, 0.1) is 5.56 Å². The minimum atomic E-state index is -0.516. The van der Waals surface area contributed by atoms with Gasteiger partial charge in [0.2, 0.25) is 0 Å². The molecule has 0 bridgehead atoms. The van der Waals surface area contributed by atoms with Gasteiger partial charge in [0.1, 0.15) is 11.6 Å². The molecule has 0 aromatic heterocycles. The van der Waals surface area contributed by atoms with Crippen LogP contribution in [0.1, 0.15) is 21.5 Å². The Morgan fingerprint density at radius 1 is 1.20 bits per heavy atom. The van der Waals surface area contributed by atoms with Gasteiger partial charge in [-0.2, -0.15) is 0 Å². The molecule has 0 aliphatic heterocycles. The SMILES string of the molecule is Cc1ccc(F)c(C(=O)NCCc2ccc(O)cc2)c1. The summed E-state index contributed by atoms with van der Waals surface area (Å²) in [6.45, 7) is 2.23. The van der Waals surface area contributed by atoms with Crippen LogP contribution in [-0.2, 0) is 6.42 Å². The maximum Gasteiger partial charge on any atom is 0.254 e. The fourth-order valence-corrected chi connectivity index (χ4v) is 1.89. The summed E-state index contributed by atoms with van der Waals surface area (Å²) in [4.78, 5) is 11.9. The van der Waals surface area contributed by atoms with Crippen molar-refractivity contribution in [1.29, 1.82) is 0 Å². The molecule has 0 unspecified atom stereocenters. The van der Waals surface area contributed by atoms with Gasteiger partial charge in [-0.15, -0.1) is 0 Å². The minimum absolute atomic E-state index is 0.0655. The maximum absolute atomic E-state index is 13.5. The first-order valence-corrected chi connectivity index (χ1v) is 6.38. The Morgan fingerprint density at radius 2 is 1.90 bits per heavy atom. The van der Waals surface area contributed by atoms with Crippen LogP contribution in [-0.4, -0.2) is 17.6 Å². The number of halogens is 1. The van der Waals surface area contributed by atoms with Gasteiger partial charge in [-0.3, -0.25) is 4.79 Å². The van der Waals surface area contributed by atoms with E-state index in [2.05, 4.69) is 5.32 Å². The molecular formula is C16H16FNO2. The average molecular weight is 273 g/mol. The average Bonchev–Trinajstić information content (AvgIpc) is 2.43. The Labute approximate surface area is 117 Å². The number of aryl methyl sites for hydroxylation is 1. The lowest BCUT2D eigenvalue weighted by Gasteiger charge is -2.07. The predicted octanol–water partition coefficient (Wildman–Crippen LogP) is 2.81. The highest BCUT2D eigenvalue weighted by Gasteiger charge is 2.10. The molecule has 0 radical (unpaired) electrons. The van der Waals surface area contributed by atoms with Crippen molar-refractivity contribution in [2.45, 2.75) is 13.3 Å². The topological polar surface area (TPSA) is 49.3 Å². The first-order valence-electron chi connectivity index (χ1n) is 6.38. The number of benzene rings is 2. The van der Waals surface area contributed by atoms with E-state index < -0.39 is 11.7 Å². The molecule has 1 amide bonds. The van der Waals surface area contributed by atoms with E-state index in [0.29, 0.717) is 13.0 Å². The van der Waals surface area contributed by atoms with Gasteiger partial charge in [0.25, 0.3) is 5.91 Å². The molecule has 0 saturated heterocycles. The van der Waals surface area contributed by atoms with Crippen LogP contribution in [0.5, 0.6) is 5.75 Å². The normalized spacial score (nSPS) is 10.3. The number of nitrogens with one attached hydrogen (secondary N) is 1. The number of carbonyl (C=O) groups excluding carboxylic acids is 1. The molecular weight excluding hydrogens is 257 g/mol. The van der Waals surface area contributed by atoms with Crippen LogP contribution in [0.25, 0.3) is 0 Å². The van der Waals surface area contributed by atoms with E-state index in [1.807, 2.05) is 6.92 Å². The van der Waals surface area contributed by atoms with Gasteiger partial charge in [0.15, 0.2) is 0 Å². The zero-order valence-electron chi connectivity index (χ0n) is 11.2. The molecule has 2 aromatic rings. The van der Waals surface area contributed by atoms with Crippen LogP contribution < -0.4 is 5.32 Å². The number of carbonyl (C=O) groups is 1. The first-order chi connectivity index (χ1) is 9.56. The fourth-order valence-electron chi connectivity index (χ4n) is 1.89. The van der Waals surface area contributed by atoms with Gasteiger partial charge < -0.3 is 10.4 Å². The monoisotopic (exact) mass is 273 g/mol. The van der Waals surface area contributed by atoms with Crippen molar-refractivity contribution in [3.63, 3.8) is 0 Å². The van der Waals surface area contributed by atoms with Crippen molar-refractivity contribution in [2.75, 3.05) is 6.54 Å². The summed E-state index contributed by atoms with van der Waals surface area (Å²) >= 11 is 0. The zero-order valence-corrected chi connectivity index (χ0v) is 11.2. The molecule has 4 heteroatoms. The molecule has 20 heavy (non-hydrogen) atoms. The molecule has 0 aliphatic rings. The highest BCUT2D eigenvalue weighted by Crippen LogP contribution is 2.11. The van der Waals surface area contributed by atoms with E-state index in [4.69, 9.17) is 5.11 Å². The van der Waals surface area contributed by atoms with E-state index in [1.54, 1.807) is 30.3 Å². The molecule has 104 valence electrons. The summed E-state index contributed by atoms with van der Waals surface area (Å²) in [5.74, 6) is -0.720. The summed E-state index contributed by atoms with van der Waals surface area (Å²) in [7, 11) is 0. The number of phenolic OH excluding ortho intramolecular Hbond substituents is 1. The number of hydrogen-bond acceptors (Lipinski definition) is 2. The molecule has 2 rings (SSSR count). The summed E-state index contributed by atoms with van der Waals surface area (Å²) in [6, 6.07) is 11.2. The molecule has 3 nitrogen and oxygen atoms in total. The lowest BCUT2D eigenvalue weighted by molar-refractivity contribution is 0.0950. The van der Waals surface area contributed by atoms with Crippen LogP contribution in [0.2, 0.25) is 0 Å². The Morgan fingerprint density at radius 3 is 2.60 bits per heavy atom. The number of hydrogen-bond donors (Lipinski definition) is 2. The van der Waals surface area contributed by atoms with E-state index in [9.17, 15) is 9.18 Å². The van der Waals surface area contributed by atoms with Crippen molar-refractivity contribution in [1.82, 2.24) is 5.32 Å². The van der Waals surface area contributed by atoms with Gasteiger partial charge in [-0.25, -0.2) is 4.39 Å². The number of rotatable bonds is 4. The number of amides is 1. The standard InChI is InChI=1S/C16H16FNO2/c1-11-2-7-15(17)14(10-11)16(20)18-9-8-12-3-5-13(19)6-4-12/h2-7,10,19H,8-9H2,1H3,(H,18,20). The van der Waals surface area contributed by atoms with Gasteiger partial charge in [-0.1, -0.05) is 23.8 Å². The first kappa shape index (κ1) is 14.1. The van der Waals surface area contributed by atoms with Crippen LogP contribution >= 0.6 is 0 Å². The second kappa shape index (κ2) is 6.19. The third-order valence-electron chi connectivity index (χ3n) is 3.00. The van der Waals surface area contributed by atoms with E-state index in [1.165, 1.54) is 12.1 Å². The molecule has 0 atom stereocenters. The van der Waals surface area contributed by atoms with Crippen molar-refractivity contribution in [3.8, 4) is 5.75 Å². The van der Waals surface area contributed by atoms with E-state index in [-0.39, 0.29) is 11.3 Å². The fraction of sp³-hybridized carbons (Fsp3) is 0.188. The zero-order chi connectivity index (χ0) is 14.5. The van der Waals surface area contributed by atoms with Gasteiger partial charge >= 0.3 is 0 Å². The Balaban J connectivity index is 1.92. The summed E-state index contributed by atoms with van der Waals surface area (Å²) in [6.07, 6.45) is 0.624.